The van der Waals surface area contributed by atoms with Crippen LogP contribution in [0.5, 0.6) is 0 Å². The van der Waals surface area contributed by atoms with E-state index in [1.54, 1.807) is 6.92 Å². The van der Waals surface area contributed by atoms with E-state index in [4.69, 9.17) is 4.52 Å². The van der Waals surface area contributed by atoms with Gasteiger partial charge in [0, 0.05) is 16.6 Å². The highest BCUT2D eigenvalue weighted by atomic mass is 79.9. The molecule has 1 aromatic heterocycles. The van der Waals surface area contributed by atoms with Crippen LogP contribution in [-0.4, -0.2) is 17.6 Å². The summed E-state index contributed by atoms with van der Waals surface area (Å²) in [5, 5.41) is 7.08. The summed E-state index contributed by atoms with van der Waals surface area (Å²) in [5.74, 6) is 0.422. The normalized spacial score (nSPS) is 14.3. The van der Waals surface area contributed by atoms with Crippen LogP contribution in [0.2, 0.25) is 0 Å². The summed E-state index contributed by atoms with van der Waals surface area (Å²) in [6, 6.07) is 7.70. The van der Waals surface area contributed by atoms with E-state index in [0.29, 0.717) is 23.6 Å². The van der Waals surface area contributed by atoms with Gasteiger partial charge in [-0.05, 0) is 51.2 Å². The second-order valence-electron chi connectivity index (χ2n) is 6.08. The number of nitrogens with one attached hydrogen (secondary N) is 1. The van der Waals surface area contributed by atoms with Crippen molar-refractivity contribution in [1.82, 2.24) is 10.5 Å². The molecule has 1 aliphatic rings. The number of hydrogen-bond acceptors (Lipinski definition) is 3. The molecule has 1 amide bonds. The first-order valence-electron chi connectivity index (χ1n) is 8.33. The first-order chi connectivity index (χ1) is 11.6. The molecule has 1 aromatic carbocycles. The predicted octanol–water partition coefficient (Wildman–Crippen LogP) is 5.03. The lowest BCUT2D eigenvalue weighted by molar-refractivity contribution is 0.0953. The highest BCUT2D eigenvalue weighted by Gasteiger charge is 2.21. The van der Waals surface area contributed by atoms with Crippen molar-refractivity contribution in [3.8, 4) is 11.3 Å². The van der Waals surface area contributed by atoms with Crippen molar-refractivity contribution in [3.63, 3.8) is 0 Å². The third-order valence-corrected chi connectivity index (χ3v) is 4.85. The first kappa shape index (κ1) is 17.0. The van der Waals surface area contributed by atoms with E-state index in [9.17, 15) is 4.79 Å². The van der Waals surface area contributed by atoms with Gasteiger partial charge in [0.05, 0.1) is 0 Å². The molecule has 5 heteroatoms. The third-order valence-electron chi connectivity index (χ3n) is 4.32. The molecule has 0 fully saturated rings. The lowest BCUT2D eigenvalue weighted by atomic mass is 9.97. The van der Waals surface area contributed by atoms with Gasteiger partial charge in [-0.3, -0.25) is 4.79 Å². The van der Waals surface area contributed by atoms with Crippen molar-refractivity contribution < 1.29 is 9.32 Å². The third kappa shape index (κ3) is 3.96. The molecule has 0 bridgehead atoms. The van der Waals surface area contributed by atoms with Gasteiger partial charge < -0.3 is 9.84 Å². The lowest BCUT2D eigenvalue weighted by Crippen LogP contribution is -2.25. The SMILES string of the molecule is Cc1onc(-c2ccc(Br)cc2)c1C(=O)NCCC1=CCCCC1. The Morgan fingerprint density at radius 1 is 1.29 bits per heavy atom. The van der Waals surface area contributed by atoms with Gasteiger partial charge in [0.15, 0.2) is 0 Å². The van der Waals surface area contributed by atoms with Gasteiger partial charge in [0.25, 0.3) is 5.91 Å². The molecule has 0 unspecified atom stereocenters. The monoisotopic (exact) mass is 388 g/mol. The molecule has 0 saturated carbocycles. The second kappa shape index (κ2) is 7.79. The summed E-state index contributed by atoms with van der Waals surface area (Å²) in [4.78, 5) is 12.6. The van der Waals surface area contributed by atoms with Crippen molar-refractivity contribution in [3.05, 3.63) is 51.7 Å². The zero-order valence-electron chi connectivity index (χ0n) is 13.8. The zero-order valence-corrected chi connectivity index (χ0v) is 15.4. The van der Waals surface area contributed by atoms with E-state index in [1.807, 2.05) is 24.3 Å². The minimum Gasteiger partial charge on any atom is -0.360 e. The zero-order chi connectivity index (χ0) is 16.9. The van der Waals surface area contributed by atoms with E-state index in [2.05, 4.69) is 32.5 Å². The maximum absolute atomic E-state index is 12.6. The van der Waals surface area contributed by atoms with Crippen molar-refractivity contribution in [2.24, 2.45) is 0 Å². The van der Waals surface area contributed by atoms with Crippen LogP contribution >= 0.6 is 15.9 Å². The number of carbonyl (C=O) groups is 1. The van der Waals surface area contributed by atoms with Crippen molar-refractivity contribution in [2.75, 3.05) is 6.54 Å². The quantitative estimate of drug-likeness (QED) is 0.730. The van der Waals surface area contributed by atoms with Crippen LogP contribution in [0.4, 0.5) is 0 Å². The smallest absolute Gasteiger partial charge is 0.257 e. The Morgan fingerprint density at radius 2 is 2.08 bits per heavy atom. The number of hydrogen-bond donors (Lipinski definition) is 1. The van der Waals surface area contributed by atoms with E-state index in [-0.39, 0.29) is 5.91 Å². The molecule has 1 N–H and O–H groups in total. The molecule has 0 atom stereocenters. The van der Waals surface area contributed by atoms with E-state index in [0.717, 1.165) is 22.9 Å². The minimum atomic E-state index is -0.122. The predicted molar refractivity (Wildman–Crippen MR) is 97.9 cm³/mol. The Morgan fingerprint density at radius 3 is 2.79 bits per heavy atom. The molecule has 24 heavy (non-hydrogen) atoms. The molecule has 126 valence electrons. The second-order valence-corrected chi connectivity index (χ2v) is 7.00. The summed E-state index contributed by atoms with van der Waals surface area (Å²) in [6.07, 6.45) is 8.11. The van der Waals surface area contributed by atoms with Gasteiger partial charge in [0.1, 0.15) is 17.0 Å². The van der Waals surface area contributed by atoms with Crippen LogP contribution in [0, 0.1) is 6.92 Å². The van der Waals surface area contributed by atoms with Gasteiger partial charge in [-0.2, -0.15) is 0 Å². The highest BCUT2D eigenvalue weighted by molar-refractivity contribution is 9.10. The summed E-state index contributed by atoms with van der Waals surface area (Å²) < 4.78 is 6.25. The maximum Gasteiger partial charge on any atom is 0.257 e. The summed E-state index contributed by atoms with van der Waals surface area (Å²) >= 11 is 3.41. The van der Waals surface area contributed by atoms with E-state index >= 15 is 0 Å². The fourth-order valence-corrected chi connectivity index (χ4v) is 3.27. The topological polar surface area (TPSA) is 55.1 Å². The number of aryl methyl sites for hydroxylation is 1. The molecule has 0 radical (unpaired) electrons. The number of carbonyl (C=O) groups excluding carboxylic acids is 1. The number of aromatic nitrogens is 1. The Kier molecular flexibility index (Phi) is 5.51. The Labute approximate surface area is 150 Å². The summed E-state index contributed by atoms with van der Waals surface area (Å²) in [7, 11) is 0. The van der Waals surface area contributed by atoms with E-state index in [1.165, 1.54) is 24.8 Å². The number of nitrogens with zero attached hydrogens (tertiary/aromatic N) is 1. The van der Waals surface area contributed by atoms with Gasteiger partial charge in [-0.1, -0.05) is 44.9 Å². The van der Waals surface area contributed by atoms with Gasteiger partial charge in [-0.25, -0.2) is 0 Å². The molecular formula is C19H21BrN2O2. The fraction of sp³-hybridized carbons (Fsp3) is 0.368. The number of amides is 1. The maximum atomic E-state index is 12.6. The standard InChI is InChI=1S/C19H21BrN2O2/c1-13-17(18(22-24-13)15-7-9-16(20)10-8-15)19(23)21-12-11-14-5-3-2-4-6-14/h5,7-10H,2-4,6,11-12H2,1H3,(H,21,23). The molecular weight excluding hydrogens is 368 g/mol. The largest absolute Gasteiger partial charge is 0.360 e. The number of rotatable bonds is 5. The molecule has 1 aliphatic carbocycles. The molecule has 0 saturated heterocycles. The Balaban J connectivity index is 1.69. The first-order valence-corrected chi connectivity index (χ1v) is 9.13. The van der Waals surface area contributed by atoms with Crippen LogP contribution in [0.3, 0.4) is 0 Å². The van der Waals surface area contributed by atoms with Crippen LogP contribution in [0.15, 0.2) is 44.9 Å². The number of halogens is 1. The molecule has 4 nitrogen and oxygen atoms in total. The van der Waals surface area contributed by atoms with Crippen molar-refractivity contribution >= 4 is 21.8 Å². The number of allylic oxidation sites excluding steroid dienone is 1. The summed E-state index contributed by atoms with van der Waals surface area (Å²) in [5.41, 5.74) is 3.44. The average molecular weight is 389 g/mol. The van der Waals surface area contributed by atoms with Gasteiger partial charge in [-0.15, -0.1) is 0 Å². The van der Waals surface area contributed by atoms with Gasteiger partial charge >= 0.3 is 0 Å². The van der Waals surface area contributed by atoms with Crippen LogP contribution in [0.25, 0.3) is 11.3 Å². The average Bonchev–Trinajstić information content (AvgIpc) is 2.98. The molecule has 3 rings (SSSR count). The van der Waals surface area contributed by atoms with Crippen LogP contribution in [0.1, 0.15) is 48.2 Å². The minimum absolute atomic E-state index is 0.122. The number of benzene rings is 1. The van der Waals surface area contributed by atoms with E-state index < -0.39 is 0 Å². The van der Waals surface area contributed by atoms with Crippen molar-refractivity contribution in [1.29, 1.82) is 0 Å². The lowest BCUT2D eigenvalue weighted by Gasteiger charge is -2.13. The summed E-state index contributed by atoms with van der Waals surface area (Å²) in [6.45, 7) is 2.42. The molecule has 2 aromatic rings. The van der Waals surface area contributed by atoms with Crippen LogP contribution < -0.4 is 5.32 Å². The Bertz CT molecular complexity index is 747. The van der Waals surface area contributed by atoms with Crippen LogP contribution in [-0.2, 0) is 0 Å². The molecule has 0 aliphatic heterocycles. The molecule has 0 spiro atoms. The fourth-order valence-electron chi connectivity index (χ4n) is 3.00. The van der Waals surface area contributed by atoms with Gasteiger partial charge in [0.2, 0.25) is 0 Å². The molecule has 1 heterocycles. The highest BCUT2D eigenvalue weighted by Crippen LogP contribution is 2.26. The Hall–Kier alpha value is -1.88. The van der Waals surface area contributed by atoms with Crippen molar-refractivity contribution in [2.45, 2.75) is 39.0 Å².